The van der Waals surface area contributed by atoms with Crippen molar-refractivity contribution in [3.8, 4) is 5.75 Å². The van der Waals surface area contributed by atoms with Gasteiger partial charge in [0.05, 0.1) is 12.8 Å². The zero-order valence-corrected chi connectivity index (χ0v) is 12.4. The summed E-state index contributed by atoms with van der Waals surface area (Å²) in [6, 6.07) is 11.9. The minimum atomic E-state index is -0.357. The summed E-state index contributed by atoms with van der Waals surface area (Å²) < 4.78 is 5.85. The van der Waals surface area contributed by atoms with Gasteiger partial charge in [-0.25, -0.2) is 4.79 Å². The third kappa shape index (κ3) is 3.64. The predicted molar refractivity (Wildman–Crippen MR) is 84.2 cm³/mol. The first kappa shape index (κ1) is 14.2. The Morgan fingerprint density at radius 1 is 1.20 bits per heavy atom. The molecule has 104 valence electrons. The summed E-state index contributed by atoms with van der Waals surface area (Å²) in [5.74, 6) is 0.674. The van der Waals surface area contributed by atoms with Crippen molar-refractivity contribution >= 4 is 39.0 Å². The van der Waals surface area contributed by atoms with Crippen molar-refractivity contribution in [3.63, 3.8) is 0 Å². The van der Waals surface area contributed by atoms with E-state index in [0.717, 1.165) is 4.47 Å². The molecule has 0 aromatic heterocycles. The molecule has 2 aromatic carbocycles. The SMILES string of the molecule is COc1cccc(NC(=O)Nc2cc(N)ccc2Br)c1. The largest absolute Gasteiger partial charge is 0.497 e. The van der Waals surface area contributed by atoms with E-state index in [2.05, 4.69) is 26.6 Å². The number of methoxy groups -OCH3 is 1. The lowest BCUT2D eigenvalue weighted by Gasteiger charge is -2.10. The van der Waals surface area contributed by atoms with Crippen LogP contribution in [0.1, 0.15) is 0 Å². The number of carbonyl (C=O) groups is 1. The minimum Gasteiger partial charge on any atom is -0.497 e. The number of nitrogen functional groups attached to an aromatic ring is 1. The first-order valence-electron chi connectivity index (χ1n) is 5.85. The molecule has 0 spiro atoms. The van der Waals surface area contributed by atoms with Gasteiger partial charge in [-0.15, -0.1) is 0 Å². The van der Waals surface area contributed by atoms with Gasteiger partial charge in [-0.1, -0.05) is 6.07 Å². The van der Waals surface area contributed by atoms with Gasteiger partial charge in [-0.05, 0) is 46.3 Å². The standard InChI is InChI=1S/C14H14BrN3O2/c1-20-11-4-2-3-10(8-11)17-14(19)18-13-7-9(16)5-6-12(13)15/h2-8H,16H2,1H3,(H2,17,18,19). The number of anilines is 3. The molecule has 2 rings (SSSR count). The van der Waals surface area contributed by atoms with Gasteiger partial charge >= 0.3 is 6.03 Å². The predicted octanol–water partition coefficient (Wildman–Crippen LogP) is 3.68. The molecule has 4 N–H and O–H groups in total. The highest BCUT2D eigenvalue weighted by Gasteiger charge is 2.06. The summed E-state index contributed by atoms with van der Waals surface area (Å²) in [5, 5.41) is 5.44. The van der Waals surface area contributed by atoms with Gasteiger partial charge in [-0.3, -0.25) is 0 Å². The number of nitrogens with one attached hydrogen (secondary N) is 2. The van der Waals surface area contributed by atoms with E-state index in [0.29, 0.717) is 22.8 Å². The average molecular weight is 336 g/mol. The molecule has 0 fully saturated rings. The first-order chi connectivity index (χ1) is 9.58. The molecule has 0 aliphatic rings. The molecular formula is C14H14BrN3O2. The van der Waals surface area contributed by atoms with Gasteiger partial charge < -0.3 is 21.1 Å². The molecule has 0 unspecified atom stereocenters. The van der Waals surface area contributed by atoms with E-state index in [9.17, 15) is 4.79 Å². The zero-order valence-electron chi connectivity index (χ0n) is 10.8. The second kappa shape index (κ2) is 6.29. The maximum atomic E-state index is 11.9. The van der Waals surface area contributed by atoms with Gasteiger partial charge in [-0.2, -0.15) is 0 Å². The number of benzene rings is 2. The number of carbonyl (C=O) groups excluding carboxylic acids is 1. The fourth-order valence-corrected chi connectivity index (χ4v) is 1.97. The molecule has 0 bridgehead atoms. The van der Waals surface area contributed by atoms with E-state index in [1.807, 2.05) is 0 Å². The Hall–Kier alpha value is -2.21. The molecule has 0 atom stereocenters. The van der Waals surface area contributed by atoms with Crippen molar-refractivity contribution in [1.82, 2.24) is 0 Å². The van der Waals surface area contributed by atoms with Crippen LogP contribution in [-0.4, -0.2) is 13.1 Å². The number of nitrogens with two attached hydrogens (primary N) is 1. The second-order valence-corrected chi connectivity index (χ2v) is 4.90. The Labute approximate surface area is 125 Å². The summed E-state index contributed by atoms with van der Waals surface area (Å²) in [6.07, 6.45) is 0. The van der Waals surface area contributed by atoms with Crippen molar-refractivity contribution in [1.29, 1.82) is 0 Å². The molecular weight excluding hydrogens is 322 g/mol. The smallest absolute Gasteiger partial charge is 0.323 e. The minimum absolute atomic E-state index is 0.357. The third-order valence-corrected chi connectivity index (χ3v) is 3.26. The first-order valence-corrected chi connectivity index (χ1v) is 6.65. The molecule has 5 nitrogen and oxygen atoms in total. The van der Waals surface area contributed by atoms with Gasteiger partial charge in [0.2, 0.25) is 0 Å². The van der Waals surface area contributed by atoms with Gasteiger partial charge in [0.1, 0.15) is 5.75 Å². The highest BCUT2D eigenvalue weighted by Crippen LogP contribution is 2.25. The van der Waals surface area contributed by atoms with Crippen LogP contribution < -0.4 is 21.1 Å². The molecule has 2 amide bonds. The van der Waals surface area contributed by atoms with Crippen LogP contribution >= 0.6 is 15.9 Å². The number of hydrogen-bond donors (Lipinski definition) is 3. The van der Waals surface area contributed by atoms with Crippen LogP contribution in [0.25, 0.3) is 0 Å². The number of ether oxygens (including phenoxy) is 1. The van der Waals surface area contributed by atoms with Crippen molar-refractivity contribution in [3.05, 3.63) is 46.9 Å². The van der Waals surface area contributed by atoms with Crippen molar-refractivity contribution in [2.75, 3.05) is 23.5 Å². The van der Waals surface area contributed by atoms with E-state index in [1.165, 1.54) is 0 Å². The molecule has 0 saturated heterocycles. The van der Waals surface area contributed by atoms with E-state index in [1.54, 1.807) is 49.6 Å². The zero-order chi connectivity index (χ0) is 14.5. The van der Waals surface area contributed by atoms with E-state index in [4.69, 9.17) is 10.5 Å². The monoisotopic (exact) mass is 335 g/mol. The van der Waals surface area contributed by atoms with Gasteiger partial charge in [0, 0.05) is 21.9 Å². The van der Waals surface area contributed by atoms with Crippen molar-refractivity contribution < 1.29 is 9.53 Å². The van der Waals surface area contributed by atoms with Crippen LogP contribution in [0, 0.1) is 0 Å². The molecule has 0 aliphatic heterocycles. The fourth-order valence-electron chi connectivity index (χ4n) is 1.62. The van der Waals surface area contributed by atoms with Gasteiger partial charge in [0.25, 0.3) is 0 Å². The Kier molecular flexibility index (Phi) is 4.47. The molecule has 0 heterocycles. The number of urea groups is 1. The Morgan fingerprint density at radius 3 is 2.75 bits per heavy atom. The molecule has 0 aliphatic carbocycles. The van der Waals surface area contributed by atoms with Crippen LogP contribution in [0.4, 0.5) is 21.9 Å². The Balaban J connectivity index is 2.07. The Bertz CT molecular complexity index is 632. The molecule has 2 aromatic rings. The maximum Gasteiger partial charge on any atom is 0.323 e. The maximum absolute atomic E-state index is 11.9. The van der Waals surface area contributed by atoms with Crippen molar-refractivity contribution in [2.24, 2.45) is 0 Å². The fraction of sp³-hybridized carbons (Fsp3) is 0.0714. The Morgan fingerprint density at radius 2 is 2.00 bits per heavy atom. The van der Waals surface area contributed by atoms with E-state index in [-0.39, 0.29) is 6.03 Å². The number of hydrogen-bond acceptors (Lipinski definition) is 3. The quantitative estimate of drug-likeness (QED) is 0.748. The van der Waals surface area contributed by atoms with Crippen LogP contribution in [0.15, 0.2) is 46.9 Å². The van der Waals surface area contributed by atoms with E-state index < -0.39 is 0 Å². The summed E-state index contributed by atoms with van der Waals surface area (Å²) in [7, 11) is 1.57. The van der Waals surface area contributed by atoms with Crippen LogP contribution in [0.2, 0.25) is 0 Å². The van der Waals surface area contributed by atoms with Crippen molar-refractivity contribution in [2.45, 2.75) is 0 Å². The van der Waals surface area contributed by atoms with Gasteiger partial charge in [0.15, 0.2) is 0 Å². The van der Waals surface area contributed by atoms with Crippen LogP contribution in [0.3, 0.4) is 0 Å². The number of amides is 2. The summed E-state index contributed by atoms with van der Waals surface area (Å²) in [6.45, 7) is 0. The lowest BCUT2D eigenvalue weighted by atomic mass is 10.3. The summed E-state index contributed by atoms with van der Waals surface area (Å²) in [4.78, 5) is 11.9. The molecule has 0 radical (unpaired) electrons. The number of rotatable bonds is 3. The second-order valence-electron chi connectivity index (χ2n) is 4.05. The molecule has 6 heteroatoms. The summed E-state index contributed by atoms with van der Waals surface area (Å²) >= 11 is 3.35. The van der Waals surface area contributed by atoms with E-state index >= 15 is 0 Å². The average Bonchev–Trinajstić information content (AvgIpc) is 2.43. The molecule has 0 saturated carbocycles. The number of halogens is 1. The topological polar surface area (TPSA) is 76.4 Å². The van der Waals surface area contributed by atoms with Crippen LogP contribution in [0.5, 0.6) is 5.75 Å². The third-order valence-electron chi connectivity index (χ3n) is 2.57. The summed E-state index contributed by atoms with van der Waals surface area (Å²) in [5.41, 5.74) is 7.50. The molecule has 20 heavy (non-hydrogen) atoms. The lowest BCUT2D eigenvalue weighted by molar-refractivity contribution is 0.262. The highest BCUT2D eigenvalue weighted by atomic mass is 79.9. The lowest BCUT2D eigenvalue weighted by Crippen LogP contribution is -2.19. The van der Waals surface area contributed by atoms with Crippen LogP contribution in [-0.2, 0) is 0 Å². The normalized spacial score (nSPS) is 9.90. The highest BCUT2D eigenvalue weighted by molar-refractivity contribution is 9.10.